The van der Waals surface area contributed by atoms with Crippen molar-refractivity contribution in [3.63, 3.8) is 0 Å². The zero-order valence-corrected chi connectivity index (χ0v) is 12.0. The average molecular weight is 244 g/mol. The van der Waals surface area contributed by atoms with E-state index in [1.54, 1.807) is 6.07 Å². The summed E-state index contributed by atoms with van der Waals surface area (Å²) in [4.78, 5) is 0. The minimum atomic E-state index is 0.397. The van der Waals surface area contributed by atoms with Gasteiger partial charge in [-0.15, -0.1) is 0 Å². The number of rotatable bonds is 5. The van der Waals surface area contributed by atoms with Crippen LogP contribution in [0.4, 0.5) is 0 Å². The van der Waals surface area contributed by atoms with Crippen molar-refractivity contribution in [1.29, 1.82) is 0 Å². The molecule has 98 valence electrons. The maximum atomic E-state index is 9.76. The molecule has 0 unspecified atom stereocenters. The second-order valence-electron chi connectivity index (χ2n) is 5.21. The van der Waals surface area contributed by atoms with Crippen molar-refractivity contribution in [2.75, 3.05) is 0 Å². The van der Waals surface area contributed by atoms with E-state index in [1.165, 1.54) is 16.7 Å². The molecule has 1 rings (SSSR count). The van der Waals surface area contributed by atoms with E-state index in [9.17, 15) is 5.11 Å². The average Bonchev–Trinajstić information content (AvgIpc) is 2.30. The number of allylic oxidation sites excluding steroid dienone is 4. The highest BCUT2D eigenvalue weighted by Crippen LogP contribution is 2.20. The van der Waals surface area contributed by atoms with E-state index in [-0.39, 0.29) is 0 Å². The lowest BCUT2D eigenvalue weighted by molar-refractivity contribution is 0.469. The van der Waals surface area contributed by atoms with Gasteiger partial charge in [0.1, 0.15) is 5.75 Å². The molecule has 1 aromatic rings. The molecule has 1 aromatic carbocycles. The standard InChI is InChI=1S/C17H24O/c1-13(2)6-5-7-14(3)8-10-16-12-15(4)9-11-17(16)18/h6,8-9,11-12,18H,5,7,10H2,1-4H3. The summed E-state index contributed by atoms with van der Waals surface area (Å²) < 4.78 is 0. The van der Waals surface area contributed by atoms with E-state index in [0.29, 0.717) is 5.75 Å². The molecule has 0 heterocycles. The fourth-order valence-corrected chi connectivity index (χ4v) is 1.85. The third kappa shape index (κ3) is 5.22. The Morgan fingerprint density at radius 2 is 1.89 bits per heavy atom. The van der Waals surface area contributed by atoms with E-state index < -0.39 is 0 Å². The van der Waals surface area contributed by atoms with Crippen LogP contribution in [0, 0.1) is 6.92 Å². The summed E-state index contributed by atoms with van der Waals surface area (Å²) in [5.41, 5.74) is 4.96. The van der Waals surface area contributed by atoms with Crippen LogP contribution >= 0.6 is 0 Å². The summed E-state index contributed by atoms with van der Waals surface area (Å²) in [7, 11) is 0. The molecule has 0 bridgehead atoms. The number of aromatic hydroxyl groups is 1. The minimum absolute atomic E-state index is 0.397. The van der Waals surface area contributed by atoms with Gasteiger partial charge >= 0.3 is 0 Å². The van der Waals surface area contributed by atoms with Crippen LogP contribution in [0.25, 0.3) is 0 Å². The van der Waals surface area contributed by atoms with Crippen LogP contribution in [-0.4, -0.2) is 5.11 Å². The van der Waals surface area contributed by atoms with Gasteiger partial charge in [0.05, 0.1) is 0 Å². The van der Waals surface area contributed by atoms with Crippen LogP contribution in [0.5, 0.6) is 5.75 Å². The highest BCUT2D eigenvalue weighted by molar-refractivity contribution is 5.37. The second kappa shape index (κ2) is 7.05. The van der Waals surface area contributed by atoms with Crippen molar-refractivity contribution in [2.45, 2.75) is 47.0 Å². The highest BCUT2D eigenvalue weighted by Gasteiger charge is 1.99. The lowest BCUT2D eigenvalue weighted by atomic mass is 10.0. The number of hydrogen-bond donors (Lipinski definition) is 1. The molecule has 0 saturated carbocycles. The Bertz CT molecular complexity index is 449. The van der Waals surface area contributed by atoms with Crippen LogP contribution in [0.1, 0.15) is 44.7 Å². The zero-order chi connectivity index (χ0) is 13.5. The van der Waals surface area contributed by atoms with E-state index in [4.69, 9.17) is 0 Å². The van der Waals surface area contributed by atoms with Crippen LogP contribution in [-0.2, 0) is 6.42 Å². The van der Waals surface area contributed by atoms with Gasteiger partial charge in [0.25, 0.3) is 0 Å². The van der Waals surface area contributed by atoms with Crippen LogP contribution < -0.4 is 0 Å². The number of phenols is 1. The summed E-state index contributed by atoms with van der Waals surface area (Å²) in [6.45, 7) is 8.47. The van der Waals surface area contributed by atoms with E-state index in [1.807, 2.05) is 13.0 Å². The number of phenolic OH excluding ortho intramolecular Hbond substituents is 1. The Hall–Kier alpha value is -1.50. The van der Waals surface area contributed by atoms with Gasteiger partial charge in [-0.2, -0.15) is 0 Å². The van der Waals surface area contributed by atoms with Gasteiger partial charge in [0.15, 0.2) is 0 Å². The molecule has 1 heteroatoms. The third-order valence-corrected chi connectivity index (χ3v) is 3.00. The fraction of sp³-hybridized carbons (Fsp3) is 0.412. The minimum Gasteiger partial charge on any atom is -0.508 e. The molecule has 0 fully saturated rings. The van der Waals surface area contributed by atoms with Gasteiger partial charge in [0, 0.05) is 0 Å². The van der Waals surface area contributed by atoms with Gasteiger partial charge in [-0.1, -0.05) is 41.0 Å². The maximum Gasteiger partial charge on any atom is 0.119 e. The first-order valence-corrected chi connectivity index (χ1v) is 6.56. The first-order chi connectivity index (χ1) is 8.49. The Balaban J connectivity index is 2.57. The molecule has 0 aliphatic rings. The van der Waals surface area contributed by atoms with E-state index >= 15 is 0 Å². The lowest BCUT2D eigenvalue weighted by Gasteiger charge is -2.04. The van der Waals surface area contributed by atoms with Crippen LogP contribution in [0.3, 0.4) is 0 Å². The van der Waals surface area contributed by atoms with E-state index in [0.717, 1.165) is 24.8 Å². The summed E-state index contributed by atoms with van der Waals surface area (Å²) in [6.07, 6.45) is 7.49. The van der Waals surface area contributed by atoms with Gasteiger partial charge < -0.3 is 5.11 Å². The predicted octanol–water partition coefficient (Wildman–Crippen LogP) is 4.94. The summed E-state index contributed by atoms with van der Waals surface area (Å²) >= 11 is 0. The highest BCUT2D eigenvalue weighted by atomic mass is 16.3. The monoisotopic (exact) mass is 244 g/mol. The Morgan fingerprint density at radius 3 is 2.56 bits per heavy atom. The first-order valence-electron chi connectivity index (χ1n) is 6.56. The van der Waals surface area contributed by atoms with Gasteiger partial charge in [-0.05, 0) is 58.6 Å². The molecule has 0 aliphatic heterocycles. The Morgan fingerprint density at radius 1 is 1.17 bits per heavy atom. The molecule has 0 atom stereocenters. The smallest absolute Gasteiger partial charge is 0.119 e. The molecule has 1 nitrogen and oxygen atoms in total. The van der Waals surface area contributed by atoms with Gasteiger partial charge in [-0.3, -0.25) is 0 Å². The molecule has 0 radical (unpaired) electrons. The molecule has 1 N–H and O–H groups in total. The SMILES string of the molecule is CC(C)=CCCC(C)=CCc1cc(C)ccc1O. The largest absolute Gasteiger partial charge is 0.508 e. The lowest BCUT2D eigenvalue weighted by Crippen LogP contribution is -1.86. The van der Waals surface area contributed by atoms with Gasteiger partial charge in [-0.25, -0.2) is 0 Å². The van der Waals surface area contributed by atoms with Crippen LogP contribution in [0.15, 0.2) is 41.5 Å². The van der Waals surface area contributed by atoms with Crippen molar-refractivity contribution in [1.82, 2.24) is 0 Å². The zero-order valence-electron chi connectivity index (χ0n) is 12.0. The molecular formula is C17H24O. The Labute approximate surface area is 111 Å². The quantitative estimate of drug-likeness (QED) is 0.728. The normalized spacial score (nSPS) is 11.4. The summed E-state index contributed by atoms with van der Waals surface area (Å²) in [5, 5.41) is 9.76. The molecule has 0 saturated heterocycles. The van der Waals surface area contributed by atoms with Crippen LogP contribution in [0.2, 0.25) is 0 Å². The molecule has 18 heavy (non-hydrogen) atoms. The number of aryl methyl sites for hydroxylation is 1. The number of benzene rings is 1. The summed E-state index contributed by atoms with van der Waals surface area (Å²) in [5.74, 6) is 0.397. The maximum absolute atomic E-state index is 9.76. The van der Waals surface area contributed by atoms with Crippen molar-refractivity contribution >= 4 is 0 Å². The molecular weight excluding hydrogens is 220 g/mol. The molecule has 0 amide bonds. The van der Waals surface area contributed by atoms with E-state index in [2.05, 4.69) is 39.0 Å². The molecule has 0 spiro atoms. The second-order valence-corrected chi connectivity index (χ2v) is 5.21. The number of hydrogen-bond acceptors (Lipinski definition) is 1. The van der Waals surface area contributed by atoms with Crippen molar-refractivity contribution < 1.29 is 5.11 Å². The van der Waals surface area contributed by atoms with Crippen molar-refractivity contribution in [2.24, 2.45) is 0 Å². The van der Waals surface area contributed by atoms with Crippen molar-refractivity contribution in [3.8, 4) is 5.75 Å². The predicted molar refractivity (Wildman–Crippen MR) is 79.0 cm³/mol. The Kier molecular flexibility index (Phi) is 5.70. The topological polar surface area (TPSA) is 20.2 Å². The summed E-state index contributed by atoms with van der Waals surface area (Å²) in [6, 6.07) is 5.76. The van der Waals surface area contributed by atoms with Crippen molar-refractivity contribution in [3.05, 3.63) is 52.6 Å². The first kappa shape index (κ1) is 14.6. The fourth-order valence-electron chi connectivity index (χ4n) is 1.85. The van der Waals surface area contributed by atoms with Gasteiger partial charge in [0.2, 0.25) is 0 Å². The molecule has 0 aliphatic carbocycles. The molecule has 0 aromatic heterocycles. The third-order valence-electron chi connectivity index (χ3n) is 3.00.